The van der Waals surface area contributed by atoms with Crippen molar-refractivity contribution in [3.05, 3.63) is 12.2 Å². The quantitative estimate of drug-likeness (QED) is 0.577. The van der Waals surface area contributed by atoms with E-state index in [0.29, 0.717) is 12.8 Å². The van der Waals surface area contributed by atoms with E-state index in [2.05, 4.69) is 6.58 Å². The Morgan fingerprint density at radius 1 is 1.42 bits per heavy atom. The predicted molar refractivity (Wildman–Crippen MR) is 42.2 cm³/mol. The molecule has 0 heterocycles. The lowest BCUT2D eigenvalue weighted by Crippen LogP contribution is -2.30. The van der Waals surface area contributed by atoms with Crippen molar-refractivity contribution >= 4 is 11.9 Å². The highest BCUT2D eigenvalue weighted by atomic mass is 16.4. The van der Waals surface area contributed by atoms with Crippen LogP contribution in [0.5, 0.6) is 0 Å². The van der Waals surface area contributed by atoms with Gasteiger partial charge < -0.3 is 10.8 Å². The van der Waals surface area contributed by atoms with Gasteiger partial charge in [0.25, 0.3) is 0 Å². The van der Waals surface area contributed by atoms with Gasteiger partial charge in [-0.2, -0.15) is 0 Å². The van der Waals surface area contributed by atoms with Crippen molar-refractivity contribution < 1.29 is 14.7 Å². The summed E-state index contributed by atoms with van der Waals surface area (Å²) < 4.78 is 0. The van der Waals surface area contributed by atoms with Gasteiger partial charge in [-0.1, -0.05) is 12.2 Å². The normalized spacial score (nSPS) is 28.8. The summed E-state index contributed by atoms with van der Waals surface area (Å²) in [6.07, 6.45) is 0.801. The molecule has 0 radical (unpaired) electrons. The van der Waals surface area contributed by atoms with Crippen LogP contribution >= 0.6 is 0 Å². The molecule has 2 unspecified atom stereocenters. The Balaban J connectivity index is 2.79. The number of carboxylic acids is 1. The van der Waals surface area contributed by atoms with Crippen LogP contribution in [0.25, 0.3) is 0 Å². The lowest BCUT2D eigenvalue weighted by molar-refractivity contribution is -0.145. The lowest BCUT2D eigenvalue weighted by atomic mass is 9.96. The van der Waals surface area contributed by atoms with E-state index in [4.69, 9.17) is 10.8 Å². The van der Waals surface area contributed by atoms with Crippen molar-refractivity contribution in [2.75, 3.05) is 0 Å². The first-order chi connectivity index (χ1) is 5.52. The lowest BCUT2D eigenvalue weighted by Gasteiger charge is -2.09. The minimum Gasteiger partial charge on any atom is -0.481 e. The summed E-state index contributed by atoms with van der Waals surface area (Å²) in [7, 11) is 0. The van der Waals surface area contributed by atoms with Gasteiger partial charge in [0.15, 0.2) is 0 Å². The van der Waals surface area contributed by atoms with Gasteiger partial charge in [0.05, 0.1) is 11.8 Å². The minimum absolute atomic E-state index is 0.378. The average molecular weight is 169 g/mol. The molecule has 0 bridgehead atoms. The number of allylic oxidation sites excluding steroid dienone is 1. The zero-order valence-electron chi connectivity index (χ0n) is 6.62. The fraction of sp³-hybridized carbons (Fsp3) is 0.500. The van der Waals surface area contributed by atoms with Crippen LogP contribution in [-0.2, 0) is 9.59 Å². The van der Waals surface area contributed by atoms with Gasteiger partial charge in [0, 0.05) is 0 Å². The molecule has 0 aliphatic heterocycles. The number of primary amides is 1. The number of carbonyl (C=O) groups is 2. The Hall–Kier alpha value is -1.32. The van der Waals surface area contributed by atoms with Crippen LogP contribution in [0.15, 0.2) is 12.2 Å². The highest BCUT2D eigenvalue weighted by molar-refractivity contribution is 5.84. The maximum absolute atomic E-state index is 10.8. The fourth-order valence-corrected chi connectivity index (χ4v) is 1.55. The maximum Gasteiger partial charge on any atom is 0.307 e. The van der Waals surface area contributed by atoms with Crippen molar-refractivity contribution in [1.82, 2.24) is 0 Å². The molecular formula is C8H11NO3. The fourth-order valence-electron chi connectivity index (χ4n) is 1.55. The molecule has 1 aliphatic rings. The van der Waals surface area contributed by atoms with E-state index < -0.39 is 23.7 Å². The molecule has 0 spiro atoms. The van der Waals surface area contributed by atoms with Crippen LogP contribution in [0.4, 0.5) is 0 Å². The molecular weight excluding hydrogens is 158 g/mol. The zero-order chi connectivity index (χ0) is 9.30. The van der Waals surface area contributed by atoms with Crippen molar-refractivity contribution in [2.24, 2.45) is 17.6 Å². The van der Waals surface area contributed by atoms with Crippen molar-refractivity contribution in [3.63, 3.8) is 0 Å². The molecule has 12 heavy (non-hydrogen) atoms. The Kier molecular flexibility index (Phi) is 2.17. The molecule has 0 saturated heterocycles. The van der Waals surface area contributed by atoms with Crippen LogP contribution in [-0.4, -0.2) is 17.0 Å². The van der Waals surface area contributed by atoms with Gasteiger partial charge in [0.1, 0.15) is 0 Å². The number of rotatable bonds is 2. The number of aliphatic carboxylic acids is 1. The monoisotopic (exact) mass is 169 g/mol. The summed E-state index contributed by atoms with van der Waals surface area (Å²) in [4.78, 5) is 21.4. The number of hydrogen-bond acceptors (Lipinski definition) is 2. The van der Waals surface area contributed by atoms with Gasteiger partial charge in [0.2, 0.25) is 5.91 Å². The summed E-state index contributed by atoms with van der Waals surface area (Å²) in [6.45, 7) is 3.65. The standard InChI is InChI=1S/C8H11NO3/c1-4-2-5(7(9)10)6(3-4)8(11)12/h5-6H,1-3H2,(H2,9,10)(H,11,12). The maximum atomic E-state index is 10.8. The van der Waals surface area contributed by atoms with E-state index in [1.807, 2.05) is 0 Å². The second-order valence-electron chi connectivity index (χ2n) is 3.11. The van der Waals surface area contributed by atoms with Crippen molar-refractivity contribution in [3.8, 4) is 0 Å². The molecule has 2 atom stereocenters. The summed E-state index contributed by atoms with van der Waals surface area (Å²) in [6, 6.07) is 0. The number of carboxylic acid groups (broad SMARTS) is 1. The molecule has 0 aromatic carbocycles. The topological polar surface area (TPSA) is 80.4 Å². The minimum atomic E-state index is -0.961. The Morgan fingerprint density at radius 3 is 2.25 bits per heavy atom. The third-order valence-electron chi connectivity index (χ3n) is 2.19. The summed E-state index contributed by atoms with van der Waals surface area (Å²) >= 11 is 0. The van der Waals surface area contributed by atoms with Crippen LogP contribution < -0.4 is 5.73 Å². The number of hydrogen-bond donors (Lipinski definition) is 2. The highest BCUT2D eigenvalue weighted by Gasteiger charge is 2.38. The third-order valence-corrected chi connectivity index (χ3v) is 2.19. The summed E-state index contributed by atoms with van der Waals surface area (Å²) in [5.41, 5.74) is 5.84. The molecule has 1 rings (SSSR count). The van der Waals surface area contributed by atoms with E-state index in [9.17, 15) is 9.59 Å². The SMILES string of the molecule is C=C1CC(C(N)=O)C(C(=O)O)C1. The largest absolute Gasteiger partial charge is 0.481 e. The summed E-state index contributed by atoms with van der Waals surface area (Å²) in [5, 5.41) is 8.70. The van der Waals surface area contributed by atoms with Crippen LogP contribution in [0.2, 0.25) is 0 Å². The van der Waals surface area contributed by atoms with Gasteiger partial charge in [-0.15, -0.1) is 0 Å². The first-order valence-corrected chi connectivity index (χ1v) is 3.71. The number of carbonyl (C=O) groups excluding carboxylic acids is 1. The van der Waals surface area contributed by atoms with E-state index >= 15 is 0 Å². The summed E-state index contributed by atoms with van der Waals surface area (Å²) in [5.74, 6) is -2.72. The van der Waals surface area contributed by atoms with E-state index in [1.165, 1.54) is 0 Å². The van der Waals surface area contributed by atoms with E-state index in [0.717, 1.165) is 5.57 Å². The smallest absolute Gasteiger partial charge is 0.307 e. The molecule has 3 N–H and O–H groups in total. The molecule has 0 aromatic heterocycles. The molecule has 4 heteroatoms. The van der Waals surface area contributed by atoms with E-state index in [-0.39, 0.29) is 0 Å². The van der Waals surface area contributed by atoms with Crippen molar-refractivity contribution in [1.29, 1.82) is 0 Å². The second kappa shape index (κ2) is 2.97. The molecule has 1 amide bonds. The van der Waals surface area contributed by atoms with Gasteiger partial charge in [-0.3, -0.25) is 9.59 Å². The molecule has 0 aromatic rings. The Bertz CT molecular complexity index is 223. The third kappa shape index (κ3) is 1.47. The molecule has 4 nitrogen and oxygen atoms in total. The predicted octanol–water partition coefficient (Wildman–Crippen LogP) is 0.139. The van der Waals surface area contributed by atoms with Crippen LogP contribution in [0.3, 0.4) is 0 Å². The highest BCUT2D eigenvalue weighted by Crippen LogP contribution is 2.34. The molecule has 1 fully saturated rings. The van der Waals surface area contributed by atoms with Gasteiger partial charge in [-0.25, -0.2) is 0 Å². The van der Waals surface area contributed by atoms with E-state index in [1.54, 1.807) is 0 Å². The first kappa shape index (κ1) is 8.77. The average Bonchev–Trinajstić information content (AvgIpc) is 2.31. The van der Waals surface area contributed by atoms with Gasteiger partial charge >= 0.3 is 5.97 Å². The first-order valence-electron chi connectivity index (χ1n) is 3.71. The van der Waals surface area contributed by atoms with Crippen LogP contribution in [0, 0.1) is 11.8 Å². The molecule has 1 aliphatic carbocycles. The van der Waals surface area contributed by atoms with Gasteiger partial charge in [-0.05, 0) is 12.8 Å². The second-order valence-corrected chi connectivity index (χ2v) is 3.11. The molecule has 66 valence electrons. The van der Waals surface area contributed by atoms with Crippen LogP contribution in [0.1, 0.15) is 12.8 Å². The Labute approximate surface area is 70.1 Å². The number of amides is 1. The number of nitrogens with two attached hydrogens (primary N) is 1. The zero-order valence-corrected chi connectivity index (χ0v) is 6.62. The molecule has 1 saturated carbocycles. The Morgan fingerprint density at radius 2 is 1.92 bits per heavy atom. The van der Waals surface area contributed by atoms with Crippen molar-refractivity contribution in [2.45, 2.75) is 12.8 Å².